The summed E-state index contributed by atoms with van der Waals surface area (Å²) in [4.78, 5) is 20.2. The molecule has 0 bridgehead atoms. The molecule has 1 aliphatic heterocycles. The van der Waals surface area contributed by atoms with Crippen LogP contribution in [0.4, 0.5) is 18.9 Å². The molecule has 2 heterocycles. The van der Waals surface area contributed by atoms with Gasteiger partial charge in [-0.25, -0.2) is 4.98 Å². The molecule has 38 heavy (non-hydrogen) atoms. The summed E-state index contributed by atoms with van der Waals surface area (Å²) in [5.74, 6) is 1.12. The molecule has 1 fully saturated rings. The third kappa shape index (κ3) is 4.81. The van der Waals surface area contributed by atoms with Crippen molar-refractivity contribution in [3.63, 3.8) is 0 Å². The van der Waals surface area contributed by atoms with Crippen molar-refractivity contribution in [3.05, 3.63) is 82.1 Å². The van der Waals surface area contributed by atoms with Crippen molar-refractivity contribution in [2.75, 3.05) is 32.2 Å². The topological polar surface area (TPSA) is 69.0 Å². The molecule has 10 heteroatoms. The van der Waals surface area contributed by atoms with E-state index in [9.17, 15) is 18.0 Å². The average molecular weight is 523 g/mol. The molecule has 196 valence electrons. The molecule has 4 aromatic rings. The number of alkyl halides is 3. The molecule has 5 rings (SSSR count). The number of fused-ring (bicyclic) bond motifs is 1. The number of benzene rings is 3. The standard InChI is InChI=1S/C28H25F3N4O3/c1-37-24-16-23(34-12-5-6-13-34)25(38-2)15-19(24)17-32-35-26(18-8-7-9-20(14-18)28(29,30)31)33-22-11-4-3-10-21(22)27(35)36/h3-4,7-11,14-17H,5-6,12-13H2,1-2H3. The number of hydrogen-bond donors (Lipinski definition) is 0. The lowest BCUT2D eigenvalue weighted by molar-refractivity contribution is -0.137. The number of rotatable bonds is 6. The van der Waals surface area contributed by atoms with E-state index in [4.69, 9.17) is 9.47 Å². The average Bonchev–Trinajstić information content (AvgIpc) is 3.46. The first-order valence-electron chi connectivity index (χ1n) is 12.0. The molecule has 0 amide bonds. The molecule has 0 saturated carbocycles. The molecule has 1 saturated heterocycles. The largest absolute Gasteiger partial charge is 0.496 e. The number of hydrogen-bond acceptors (Lipinski definition) is 6. The van der Waals surface area contributed by atoms with E-state index in [1.807, 2.05) is 6.07 Å². The second kappa shape index (κ2) is 10.2. The molecule has 7 nitrogen and oxygen atoms in total. The Bertz CT molecular complexity index is 1570. The maximum absolute atomic E-state index is 13.5. The summed E-state index contributed by atoms with van der Waals surface area (Å²) in [5.41, 5.74) is 0.519. The third-order valence-corrected chi connectivity index (χ3v) is 6.49. The van der Waals surface area contributed by atoms with Gasteiger partial charge in [-0.1, -0.05) is 24.3 Å². The van der Waals surface area contributed by atoms with Gasteiger partial charge in [0, 0.05) is 30.3 Å². The number of halogens is 3. The van der Waals surface area contributed by atoms with Crippen molar-refractivity contribution < 1.29 is 22.6 Å². The van der Waals surface area contributed by atoms with Gasteiger partial charge in [0.25, 0.3) is 5.56 Å². The fourth-order valence-corrected chi connectivity index (χ4v) is 4.58. The van der Waals surface area contributed by atoms with Gasteiger partial charge < -0.3 is 14.4 Å². The Balaban J connectivity index is 1.66. The molecular weight excluding hydrogens is 497 g/mol. The van der Waals surface area contributed by atoms with Gasteiger partial charge >= 0.3 is 6.18 Å². The molecule has 0 atom stereocenters. The molecular formula is C28H25F3N4O3. The van der Waals surface area contributed by atoms with Crippen LogP contribution in [-0.2, 0) is 6.18 Å². The summed E-state index contributed by atoms with van der Waals surface area (Å²) in [6.07, 6.45) is -0.956. The lowest BCUT2D eigenvalue weighted by atomic mass is 10.1. The summed E-state index contributed by atoms with van der Waals surface area (Å²) in [7, 11) is 3.11. The summed E-state index contributed by atoms with van der Waals surface area (Å²) < 4.78 is 52.5. The first kappa shape index (κ1) is 25.3. The zero-order chi connectivity index (χ0) is 26.9. The summed E-state index contributed by atoms with van der Waals surface area (Å²) in [5, 5.41) is 4.68. The van der Waals surface area contributed by atoms with E-state index in [-0.39, 0.29) is 16.8 Å². The molecule has 1 aromatic heterocycles. The highest BCUT2D eigenvalue weighted by molar-refractivity contribution is 5.87. The van der Waals surface area contributed by atoms with E-state index < -0.39 is 17.3 Å². The van der Waals surface area contributed by atoms with Crippen LogP contribution in [0.25, 0.3) is 22.3 Å². The quantitative estimate of drug-likeness (QED) is 0.309. The Morgan fingerprint density at radius 1 is 0.947 bits per heavy atom. The summed E-state index contributed by atoms with van der Waals surface area (Å²) in [6.45, 7) is 1.82. The lowest BCUT2D eigenvalue weighted by Gasteiger charge is -2.22. The Hall–Kier alpha value is -4.34. The van der Waals surface area contributed by atoms with Gasteiger partial charge in [-0.3, -0.25) is 4.79 Å². The normalized spacial score (nSPS) is 14.0. The first-order chi connectivity index (χ1) is 18.3. The second-order valence-corrected chi connectivity index (χ2v) is 8.85. The van der Waals surface area contributed by atoms with Gasteiger partial charge in [-0.15, -0.1) is 0 Å². The van der Waals surface area contributed by atoms with Crippen LogP contribution in [0.3, 0.4) is 0 Å². The molecule has 0 aliphatic carbocycles. The number of anilines is 1. The number of ether oxygens (including phenoxy) is 2. The Kier molecular flexibility index (Phi) is 6.79. The fourth-order valence-electron chi connectivity index (χ4n) is 4.58. The highest BCUT2D eigenvalue weighted by atomic mass is 19.4. The van der Waals surface area contributed by atoms with Crippen molar-refractivity contribution in [2.24, 2.45) is 5.10 Å². The van der Waals surface area contributed by atoms with Crippen LogP contribution in [0, 0.1) is 0 Å². The fraction of sp³-hybridized carbons (Fsp3) is 0.250. The van der Waals surface area contributed by atoms with Crippen LogP contribution in [0.1, 0.15) is 24.0 Å². The molecule has 0 unspecified atom stereocenters. The molecule has 3 aromatic carbocycles. The van der Waals surface area contributed by atoms with Crippen LogP contribution in [0.5, 0.6) is 11.5 Å². The monoisotopic (exact) mass is 522 g/mol. The minimum Gasteiger partial charge on any atom is -0.496 e. The Morgan fingerprint density at radius 3 is 2.39 bits per heavy atom. The van der Waals surface area contributed by atoms with Gasteiger partial charge in [0.15, 0.2) is 5.82 Å². The SMILES string of the molecule is COc1cc(N2CCCC2)c(OC)cc1C=Nn1c(-c2cccc(C(F)(F)F)c2)nc2ccccc2c1=O. The van der Waals surface area contributed by atoms with E-state index >= 15 is 0 Å². The van der Waals surface area contributed by atoms with Crippen molar-refractivity contribution in [3.8, 4) is 22.9 Å². The first-order valence-corrected chi connectivity index (χ1v) is 12.0. The number of methoxy groups -OCH3 is 2. The number of aromatic nitrogens is 2. The Morgan fingerprint density at radius 2 is 1.68 bits per heavy atom. The van der Waals surface area contributed by atoms with Crippen molar-refractivity contribution in [2.45, 2.75) is 19.0 Å². The van der Waals surface area contributed by atoms with Crippen LogP contribution in [0.2, 0.25) is 0 Å². The summed E-state index contributed by atoms with van der Waals surface area (Å²) in [6, 6.07) is 14.9. The van der Waals surface area contributed by atoms with E-state index in [0.29, 0.717) is 22.6 Å². The zero-order valence-electron chi connectivity index (χ0n) is 20.8. The number of para-hydroxylation sites is 1. The van der Waals surface area contributed by atoms with E-state index in [2.05, 4.69) is 15.0 Å². The molecule has 1 aliphatic rings. The van der Waals surface area contributed by atoms with Crippen molar-refractivity contribution in [1.82, 2.24) is 9.66 Å². The molecule has 0 spiro atoms. The smallest absolute Gasteiger partial charge is 0.416 e. The maximum atomic E-state index is 13.5. The Labute approximate surface area is 216 Å². The van der Waals surface area contributed by atoms with Gasteiger partial charge in [0.1, 0.15) is 11.5 Å². The van der Waals surface area contributed by atoms with Gasteiger partial charge in [0.05, 0.1) is 42.6 Å². The van der Waals surface area contributed by atoms with Crippen LogP contribution in [-0.4, -0.2) is 43.2 Å². The predicted octanol–water partition coefficient (Wildman–Crippen LogP) is 5.58. The minimum atomic E-state index is -4.55. The molecule has 0 radical (unpaired) electrons. The second-order valence-electron chi connectivity index (χ2n) is 8.85. The third-order valence-electron chi connectivity index (χ3n) is 6.49. The lowest BCUT2D eigenvalue weighted by Crippen LogP contribution is -2.21. The van der Waals surface area contributed by atoms with E-state index in [1.54, 1.807) is 37.4 Å². The zero-order valence-corrected chi connectivity index (χ0v) is 20.8. The predicted molar refractivity (Wildman–Crippen MR) is 140 cm³/mol. The minimum absolute atomic E-state index is 0.0179. The van der Waals surface area contributed by atoms with Crippen molar-refractivity contribution in [1.29, 1.82) is 0 Å². The van der Waals surface area contributed by atoms with E-state index in [1.165, 1.54) is 25.5 Å². The molecule has 0 N–H and O–H groups in total. The van der Waals surface area contributed by atoms with Gasteiger partial charge in [-0.05, 0) is 43.2 Å². The van der Waals surface area contributed by atoms with Crippen LogP contribution < -0.4 is 19.9 Å². The highest BCUT2D eigenvalue weighted by Crippen LogP contribution is 2.37. The van der Waals surface area contributed by atoms with Gasteiger partial charge in [0.2, 0.25) is 0 Å². The van der Waals surface area contributed by atoms with Crippen LogP contribution in [0.15, 0.2) is 70.6 Å². The highest BCUT2D eigenvalue weighted by Gasteiger charge is 2.31. The van der Waals surface area contributed by atoms with Crippen molar-refractivity contribution >= 4 is 22.8 Å². The van der Waals surface area contributed by atoms with E-state index in [0.717, 1.165) is 48.4 Å². The number of nitrogens with zero attached hydrogens (tertiary/aromatic N) is 4. The van der Waals surface area contributed by atoms with Gasteiger partial charge in [-0.2, -0.15) is 22.9 Å². The summed E-state index contributed by atoms with van der Waals surface area (Å²) >= 11 is 0. The van der Waals surface area contributed by atoms with Crippen LogP contribution >= 0.6 is 0 Å². The maximum Gasteiger partial charge on any atom is 0.416 e.